The van der Waals surface area contributed by atoms with Gasteiger partial charge in [0, 0.05) is 6.42 Å². The fourth-order valence-corrected chi connectivity index (χ4v) is 2.40. The molecule has 5 nitrogen and oxygen atoms in total. The fourth-order valence-electron chi connectivity index (χ4n) is 2.40. The Balaban J connectivity index is 2.16. The van der Waals surface area contributed by atoms with E-state index in [1.807, 2.05) is 37.3 Å². The number of hydrogen-bond donors (Lipinski definition) is 0. The Hall–Kier alpha value is -2.56. The minimum absolute atomic E-state index is 0.0985. The minimum Gasteiger partial charge on any atom is -0.489 e. The summed E-state index contributed by atoms with van der Waals surface area (Å²) in [6.07, 6.45) is 3.64. The van der Waals surface area contributed by atoms with Gasteiger partial charge in [0.1, 0.15) is 11.9 Å². The highest BCUT2D eigenvalue weighted by atomic mass is 16.5. The Labute approximate surface area is 141 Å². The van der Waals surface area contributed by atoms with Crippen molar-refractivity contribution in [2.24, 2.45) is 0 Å². The van der Waals surface area contributed by atoms with Crippen molar-refractivity contribution < 1.29 is 23.8 Å². The number of allylic oxidation sites excluding steroid dienone is 1. The van der Waals surface area contributed by atoms with E-state index in [0.29, 0.717) is 24.4 Å². The van der Waals surface area contributed by atoms with Crippen LogP contribution in [0, 0.1) is 6.92 Å². The summed E-state index contributed by atoms with van der Waals surface area (Å²) in [7, 11) is 1.33. The van der Waals surface area contributed by atoms with Gasteiger partial charge >= 0.3 is 11.9 Å². The van der Waals surface area contributed by atoms with Gasteiger partial charge in [0.25, 0.3) is 0 Å². The van der Waals surface area contributed by atoms with Crippen molar-refractivity contribution in [2.45, 2.75) is 32.8 Å². The monoisotopic (exact) mass is 330 g/mol. The van der Waals surface area contributed by atoms with Gasteiger partial charge in [-0.15, -0.1) is 0 Å². The molecule has 128 valence electrons. The van der Waals surface area contributed by atoms with Crippen molar-refractivity contribution in [3.8, 4) is 0 Å². The maximum absolute atomic E-state index is 12.1. The number of methoxy groups -OCH3 is 1. The summed E-state index contributed by atoms with van der Waals surface area (Å²) in [5.74, 6) is -0.330. The molecule has 0 aromatic heterocycles. The number of benzene rings is 1. The summed E-state index contributed by atoms with van der Waals surface area (Å²) in [4.78, 5) is 23.5. The van der Waals surface area contributed by atoms with E-state index in [1.54, 1.807) is 13.0 Å². The van der Waals surface area contributed by atoms with Crippen LogP contribution in [0.25, 0.3) is 6.08 Å². The Kier molecular flexibility index (Phi) is 6.18. The largest absolute Gasteiger partial charge is 0.489 e. The number of esters is 2. The number of ether oxygens (including phenoxy) is 3. The number of carbonyl (C=O) groups is 2. The molecular formula is C19H22O5. The second-order valence-electron chi connectivity index (χ2n) is 5.53. The normalized spacial score (nSPS) is 17.0. The van der Waals surface area contributed by atoms with E-state index in [0.717, 1.165) is 5.56 Å². The van der Waals surface area contributed by atoms with Crippen LogP contribution in [0.3, 0.4) is 0 Å². The van der Waals surface area contributed by atoms with Crippen LogP contribution in [0.15, 0.2) is 41.7 Å². The SMILES string of the molecule is CCOC(=O)C1=C(/C=C/c2ccc(C)cc2)OC(CC(=O)OC)C1. The molecule has 0 fully saturated rings. The molecule has 1 heterocycles. The van der Waals surface area contributed by atoms with Crippen LogP contribution in [0.4, 0.5) is 0 Å². The molecule has 1 aliphatic rings. The summed E-state index contributed by atoms with van der Waals surface area (Å²) in [5, 5.41) is 0. The lowest BCUT2D eigenvalue weighted by atomic mass is 10.1. The molecule has 0 spiro atoms. The van der Waals surface area contributed by atoms with E-state index < -0.39 is 12.1 Å². The van der Waals surface area contributed by atoms with Crippen LogP contribution in [0.2, 0.25) is 0 Å². The molecule has 0 saturated heterocycles. The molecule has 1 aromatic carbocycles. The number of aryl methyl sites for hydroxylation is 1. The van der Waals surface area contributed by atoms with E-state index >= 15 is 0 Å². The van der Waals surface area contributed by atoms with Crippen molar-refractivity contribution >= 4 is 18.0 Å². The standard InChI is InChI=1S/C19H22O5/c1-4-23-19(21)16-11-15(12-18(20)22-3)24-17(16)10-9-14-7-5-13(2)6-8-14/h5-10,15H,4,11-12H2,1-3H3/b10-9+. The highest BCUT2D eigenvalue weighted by molar-refractivity contribution is 5.90. The van der Waals surface area contributed by atoms with Crippen LogP contribution in [0.5, 0.6) is 0 Å². The number of hydrogen-bond acceptors (Lipinski definition) is 5. The first kappa shape index (κ1) is 17.8. The fraction of sp³-hybridized carbons (Fsp3) is 0.368. The molecule has 0 aliphatic carbocycles. The van der Waals surface area contributed by atoms with Crippen molar-refractivity contribution in [2.75, 3.05) is 13.7 Å². The highest BCUT2D eigenvalue weighted by Crippen LogP contribution is 2.29. The first-order chi connectivity index (χ1) is 11.5. The third kappa shape index (κ3) is 4.72. The summed E-state index contributed by atoms with van der Waals surface area (Å²) in [6.45, 7) is 4.06. The lowest BCUT2D eigenvalue weighted by molar-refractivity contribution is -0.143. The molecule has 0 bridgehead atoms. The van der Waals surface area contributed by atoms with Gasteiger partial charge in [0.2, 0.25) is 0 Å². The quantitative estimate of drug-likeness (QED) is 0.750. The average molecular weight is 330 g/mol. The van der Waals surface area contributed by atoms with E-state index in [9.17, 15) is 9.59 Å². The smallest absolute Gasteiger partial charge is 0.337 e. The maximum atomic E-state index is 12.1. The molecular weight excluding hydrogens is 308 g/mol. The van der Waals surface area contributed by atoms with E-state index in [1.165, 1.54) is 12.7 Å². The van der Waals surface area contributed by atoms with Gasteiger partial charge in [-0.05, 0) is 25.5 Å². The number of rotatable bonds is 6. The zero-order valence-electron chi connectivity index (χ0n) is 14.2. The van der Waals surface area contributed by atoms with Crippen LogP contribution < -0.4 is 0 Å². The van der Waals surface area contributed by atoms with Crippen LogP contribution in [-0.4, -0.2) is 31.8 Å². The van der Waals surface area contributed by atoms with Gasteiger partial charge in [-0.2, -0.15) is 0 Å². The molecule has 5 heteroatoms. The molecule has 1 unspecified atom stereocenters. The lowest BCUT2D eigenvalue weighted by Gasteiger charge is -2.09. The van der Waals surface area contributed by atoms with Gasteiger partial charge in [0.15, 0.2) is 0 Å². The van der Waals surface area contributed by atoms with Gasteiger partial charge in [-0.25, -0.2) is 4.79 Å². The number of carbonyl (C=O) groups excluding carboxylic acids is 2. The molecule has 1 atom stereocenters. The van der Waals surface area contributed by atoms with E-state index in [4.69, 9.17) is 9.47 Å². The Morgan fingerprint density at radius 3 is 2.58 bits per heavy atom. The third-order valence-electron chi connectivity index (χ3n) is 3.67. The first-order valence-corrected chi connectivity index (χ1v) is 7.92. The van der Waals surface area contributed by atoms with Gasteiger partial charge in [0.05, 0.1) is 25.7 Å². The lowest BCUT2D eigenvalue weighted by Crippen LogP contribution is -2.15. The van der Waals surface area contributed by atoms with Crippen molar-refractivity contribution in [1.82, 2.24) is 0 Å². The Morgan fingerprint density at radius 2 is 1.96 bits per heavy atom. The van der Waals surface area contributed by atoms with E-state index in [-0.39, 0.29) is 12.4 Å². The maximum Gasteiger partial charge on any atom is 0.337 e. The zero-order chi connectivity index (χ0) is 17.5. The van der Waals surface area contributed by atoms with Crippen molar-refractivity contribution in [3.63, 3.8) is 0 Å². The van der Waals surface area contributed by atoms with Crippen LogP contribution >= 0.6 is 0 Å². The Bertz CT molecular complexity index is 655. The predicted octanol–water partition coefficient (Wildman–Crippen LogP) is 3.18. The van der Waals surface area contributed by atoms with Gasteiger partial charge in [-0.3, -0.25) is 4.79 Å². The second-order valence-corrected chi connectivity index (χ2v) is 5.53. The molecule has 24 heavy (non-hydrogen) atoms. The minimum atomic E-state index is -0.409. The molecule has 1 aliphatic heterocycles. The average Bonchev–Trinajstić information content (AvgIpc) is 2.97. The predicted molar refractivity (Wildman–Crippen MR) is 90.0 cm³/mol. The molecule has 0 saturated carbocycles. The highest BCUT2D eigenvalue weighted by Gasteiger charge is 2.31. The molecule has 2 rings (SSSR count). The van der Waals surface area contributed by atoms with Crippen molar-refractivity contribution in [3.05, 3.63) is 52.8 Å². The van der Waals surface area contributed by atoms with E-state index in [2.05, 4.69) is 4.74 Å². The molecule has 0 radical (unpaired) electrons. The van der Waals surface area contributed by atoms with Gasteiger partial charge < -0.3 is 14.2 Å². The van der Waals surface area contributed by atoms with Crippen LogP contribution in [0.1, 0.15) is 30.9 Å². The van der Waals surface area contributed by atoms with Gasteiger partial charge in [-0.1, -0.05) is 35.9 Å². The molecule has 1 aromatic rings. The summed E-state index contributed by atoms with van der Waals surface area (Å²) >= 11 is 0. The molecule has 0 N–H and O–H groups in total. The van der Waals surface area contributed by atoms with Crippen LogP contribution in [-0.2, 0) is 23.8 Å². The third-order valence-corrected chi connectivity index (χ3v) is 3.67. The Morgan fingerprint density at radius 1 is 1.25 bits per heavy atom. The summed E-state index contributed by atoms with van der Waals surface area (Å²) in [6, 6.07) is 7.99. The second kappa shape index (κ2) is 8.34. The summed E-state index contributed by atoms with van der Waals surface area (Å²) in [5.41, 5.74) is 2.62. The first-order valence-electron chi connectivity index (χ1n) is 7.92. The van der Waals surface area contributed by atoms with Crippen molar-refractivity contribution in [1.29, 1.82) is 0 Å². The zero-order valence-corrected chi connectivity index (χ0v) is 14.2. The summed E-state index contributed by atoms with van der Waals surface area (Å²) < 4.78 is 15.5. The topological polar surface area (TPSA) is 61.8 Å². The molecule has 0 amide bonds.